The van der Waals surface area contributed by atoms with Crippen LogP contribution in [0.3, 0.4) is 0 Å². The molecule has 23 heavy (non-hydrogen) atoms. The molecule has 1 atom stereocenters. The maximum atomic E-state index is 12.4. The van der Waals surface area contributed by atoms with Crippen molar-refractivity contribution in [2.24, 2.45) is 11.8 Å². The predicted octanol–water partition coefficient (Wildman–Crippen LogP) is 3.06. The Bertz CT molecular complexity index is 513. The third-order valence-corrected chi connectivity index (χ3v) is 4.46. The first-order chi connectivity index (χ1) is 11.1. The van der Waals surface area contributed by atoms with Gasteiger partial charge in [-0.25, -0.2) is 0 Å². The second-order valence-corrected chi connectivity index (χ2v) is 6.11. The zero-order valence-corrected chi connectivity index (χ0v) is 14.4. The molecule has 0 radical (unpaired) electrons. The fourth-order valence-electron chi connectivity index (χ4n) is 3.09. The highest BCUT2D eigenvalue weighted by atomic mass is 16.5. The Labute approximate surface area is 138 Å². The first-order valence-electron chi connectivity index (χ1n) is 8.45. The van der Waals surface area contributed by atoms with Crippen molar-refractivity contribution in [3.05, 3.63) is 18.2 Å². The van der Waals surface area contributed by atoms with Crippen LogP contribution in [0.1, 0.15) is 33.1 Å². The van der Waals surface area contributed by atoms with E-state index in [1.165, 1.54) is 0 Å². The number of amides is 1. The van der Waals surface area contributed by atoms with E-state index in [2.05, 4.69) is 17.6 Å². The van der Waals surface area contributed by atoms with Gasteiger partial charge in [-0.15, -0.1) is 0 Å². The first-order valence-corrected chi connectivity index (χ1v) is 8.45. The Kier molecular flexibility index (Phi) is 6.71. The molecule has 1 aromatic carbocycles. The standard InChI is InChI=1S/C18H28N2O3/c1-4-23-17-6-5-15(22-3)12-16(17)20-18(21)11-13(2)14-7-9-19-10-8-14/h5-6,12-14,19H,4,7-11H2,1-3H3,(H,20,21). The lowest BCUT2D eigenvalue weighted by atomic mass is 9.84. The third kappa shape index (κ3) is 5.13. The molecule has 1 fully saturated rings. The summed E-state index contributed by atoms with van der Waals surface area (Å²) in [6.07, 6.45) is 2.84. The summed E-state index contributed by atoms with van der Waals surface area (Å²) in [4.78, 5) is 12.4. The molecule has 1 unspecified atom stereocenters. The molecule has 0 bridgehead atoms. The summed E-state index contributed by atoms with van der Waals surface area (Å²) in [5, 5.41) is 6.35. The molecule has 0 saturated carbocycles. The van der Waals surface area contributed by atoms with Gasteiger partial charge in [0.1, 0.15) is 11.5 Å². The van der Waals surface area contributed by atoms with Gasteiger partial charge in [0, 0.05) is 12.5 Å². The van der Waals surface area contributed by atoms with Gasteiger partial charge < -0.3 is 20.1 Å². The smallest absolute Gasteiger partial charge is 0.224 e. The molecule has 1 heterocycles. The molecule has 1 aliphatic heterocycles. The van der Waals surface area contributed by atoms with Crippen molar-refractivity contribution in [2.45, 2.75) is 33.1 Å². The zero-order chi connectivity index (χ0) is 16.7. The summed E-state index contributed by atoms with van der Waals surface area (Å²) in [6.45, 7) is 6.77. The number of carbonyl (C=O) groups excluding carboxylic acids is 1. The second kappa shape index (κ2) is 8.77. The molecule has 1 aliphatic rings. The van der Waals surface area contributed by atoms with Crippen molar-refractivity contribution in [3.63, 3.8) is 0 Å². The molecule has 0 aliphatic carbocycles. The number of anilines is 1. The van der Waals surface area contributed by atoms with E-state index in [0.717, 1.165) is 25.9 Å². The molecule has 5 nitrogen and oxygen atoms in total. The van der Waals surface area contributed by atoms with Crippen LogP contribution in [0.2, 0.25) is 0 Å². The molecule has 2 rings (SSSR count). The number of benzene rings is 1. The maximum absolute atomic E-state index is 12.4. The Balaban J connectivity index is 1.98. The molecule has 5 heteroatoms. The van der Waals surface area contributed by atoms with Gasteiger partial charge in [0.25, 0.3) is 0 Å². The van der Waals surface area contributed by atoms with Gasteiger partial charge >= 0.3 is 0 Å². The van der Waals surface area contributed by atoms with Crippen LogP contribution < -0.4 is 20.1 Å². The quantitative estimate of drug-likeness (QED) is 0.810. The minimum absolute atomic E-state index is 0.0326. The van der Waals surface area contributed by atoms with Gasteiger partial charge in [-0.2, -0.15) is 0 Å². The van der Waals surface area contributed by atoms with Crippen LogP contribution in [-0.4, -0.2) is 32.7 Å². The van der Waals surface area contributed by atoms with Crippen LogP contribution in [0, 0.1) is 11.8 Å². The van der Waals surface area contributed by atoms with Gasteiger partial charge in [-0.1, -0.05) is 6.92 Å². The summed E-state index contributed by atoms with van der Waals surface area (Å²) in [5.41, 5.74) is 0.675. The molecule has 0 spiro atoms. The largest absolute Gasteiger partial charge is 0.497 e. The van der Waals surface area contributed by atoms with E-state index in [-0.39, 0.29) is 5.91 Å². The number of piperidine rings is 1. The van der Waals surface area contributed by atoms with E-state index >= 15 is 0 Å². The molecular weight excluding hydrogens is 292 g/mol. The molecule has 1 saturated heterocycles. The number of ether oxygens (including phenoxy) is 2. The highest BCUT2D eigenvalue weighted by molar-refractivity contribution is 5.92. The lowest BCUT2D eigenvalue weighted by molar-refractivity contribution is -0.117. The Morgan fingerprint density at radius 2 is 2.13 bits per heavy atom. The predicted molar refractivity (Wildman–Crippen MR) is 92.2 cm³/mol. The molecule has 1 aromatic rings. The molecular formula is C18H28N2O3. The van der Waals surface area contributed by atoms with Crippen molar-refractivity contribution in [1.82, 2.24) is 5.32 Å². The van der Waals surface area contributed by atoms with Crippen LogP contribution in [0.5, 0.6) is 11.5 Å². The van der Waals surface area contributed by atoms with E-state index < -0.39 is 0 Å². The molecule has 128 valence electrons. The van der Waals surface area contributed by atoms with Gasteiger partial charge in [-0.05, 0) is 56.8 Å². The van der Waals surface area contributed by atoms with Crippen LogP contribution in [0.25, 0.3) is 0 Å². The van der Waals surface area contributed by atoms with E-state index in [0.29, 0.717) is 42.0 Å². The number of hydrogen-bond donors (Lipinski definition) is 2. The third-order valence-electron chi connectivity index (χ3n) is 4.46. The summed E-state index contributed by atoms with van der Waals surface area (Å²) < 4.78 is 10.8. The fraction of sp³-hybridized carbons (Fsp3) is 0.611. The monoisotopic (exact) mass is 320 g/mol. The number of nitrogens with one attached hydrogen (secondary N) is 2. The van der Waals surface area contributed by atoms with E-state index in [4.69, 9.17) is 9.47 Å². The van der Waals surface area contributed by atoms with E-state index in [1.807, 2.05) is 19.1 Å². The van der Waals surface area contributed by atoms with Gasteiger partial charge in [-0.3, -0.25) is 4.79 Å². The number of carbonyl (C=O) groups is 1. The summed E-state index contributed by atoms with van der Waals surface area (Å²) in [6, 6.07) is 5.46. The zero-order valence-electron chi connectivity index (χ0n) is 14.4. The average molecular weight is 320 g/mol. The van der Waals surface area contributed by atoms with Crippen LogP contribution >= 0.6 is 0 Å². The van der Waals surface area contributed by atoms with Crippen molar-refractivity contribution < 1.29 is 14.3 Å². The Morgan fingerprint density at radius 3 is 2.78 bits per heavy atom. The topological polar surface area (TPSA) is 59.6 Å². The van der Waals surface area contributed by atoms with Gasteiger partial charge in [0.15, 0.2) is 0 Å². The maximum Gasteiger partial charge on any atom is 0.224 e. The first kappa shape index (κ1) is 17.6. The highest BCUT2D eigenvalue weighted by Gasteiger charge is 2.22. The lowest BCUT2D eigenvalue weighted by Crippen LogP contribution is -2.32. The fourth-order valence-corrected chi connectivity index (χ4v) is 3.09. The molecule has 2 N–H and O–H groups in total. The van der Waals surface area contributed by atoms with Crippen LogP contribution in [0.15, 0.2) is 18.2 Å². The van der Waals surface area contributed by atoms with Crippen molar-refractivity contribution >= 4 is 11.6 Å². The second-order valence-electron chi connectivity index (χ2n) is 6.11. The molecule has 1 amide bonds. The summed E-state index contributed by atoms with van der Waals surface area (Å²) in [5.74, 6) is 2.42. The average Bonchev–Trinajstić information content (AvgIpc) is 2.57. The number of hydrogen-bond acceptors (Lipinski definition) is 4. The van der Waals surface area contributed by atoms with Gasteiger partial charge in [0.2, 0.25) is 5.91 Å². The van der Waals surface area contributed by atoms with Crippen LogP contribution in [-0.2, 0) is 4.79 Å². The van der Waals surface area contributed by atoms with Crippen molar-refractivity contribution in [3.8, 4) is 11.5 Å². The Hall–Kier alpha value is -1.75. The normalized spacial score (nSPS) is 16.7. The van der Waals surface area contributed by atoms with E-state index in [9.17, 15) is 4.79 Å². The highest BCUT2D eigenvalue weighted by Crippen LogP contribution is 2.30. The Morgan fingerprint density at radius 1 is 1.39 bits per heavy atom. The van der Waals surface area contributed by atoms with E-state index in [1.54, 1.807) is 13.2 Å². The molecule has 0 aromatic heterocycles. The van der Waals surface area contributed by atoms with Crippen molar-refractivity contribution in [1.29, 1.82) is 0 Å². The summed E-state index contributed by atoms with van der Waals surface area (Å²) >= 11 is 0. The number of methoxy groups -OCH3 is 1. The SMILES string of the molecule is CCOc1ccc(OC)cc1NC(=O)CC(C)C1CCNCC1. The lowest BCUT2D eigenvalue weighted by Gasteiger charge is -2.28. The van der Waals surface area contributed by atoms with Crippen molar-refractivity contribution in [2.75, 3.05) is 32.1 Å². The summed E-state index contributed by atoms with van der Waals surface area (Å²) in [7, 11) is 1.61. The number of rotatable bonds is 7. The minimum Gasteiger partial charge on any atom is -0.497 e. The minimum atomic E-state index is 0.0326. The van der Waals surface area contributed by atoms with Crippen LogP contribution in [0.4, 0.5) is 5.69 Å². The van der Waals surface area contributed by atoms with Gasteiger partial charge in [0.05, 0.1) is 19.4 Å².